The van der Waals surface area contributed by atoms with Gasteiger partial charge in [0.15, 0.2) is 0 Å². The number of hydrogen-bond donors (Lipinski definition) is 2. The van der Waals surface area contributed by atoms with Gasteiger partial charge >= 0.3 is 5.69 Å². The van der Waals surface area contributed by atoms with Crippen LogP contribution in [0.5, 0.6) is 0 Å². The highest BCUT2D eigenvalue weighted by molar-refractivity contribution is 4.83. The second-order valence-electron chi connectivity index (χ2n) is 1.42. The summed E-state index contributed by atoms with van der Waals surface area (Å²) in [7, 11) is 0. The lowest BCUT2D eigenvalue weighted by Crippen LogP contribution is -2.23. The highest BCUT2D eigenvalue weighted by atomic mass is 19.1. The number of aromatic amines is 2. The molecular weight excluding hydrogens is 175 g/mol. The van der Waals surface area contributed by atoms with Gasteiger partial charge in [0.1, 0.15) is 0 Å². The molecule has 0 radical (unpaired) electrons. The van der Waals surface area contributed by atoms with Crippen LogP contribution in [0.3, 0.4) is 0 Å². The summed E-state index contributed by atoms with van der Waals surface area (Å²) in [6.07, 6.45) is 0.709. The van der Waals surface area contributed by atoms with Gasteiger partial charge in [0.25, 0.3) is 5.56 Å². The molecule has 0 saturated carbocycles. The zero-order valence-electron chi connectivity index (χ0n) is 8.27. The first kappa shape index (κ1) is 14.2. The van der Waals surface area contributed by atoms with E-state index in [4.69, 9.17) is 0 Å². The second kappa shape index (κ2) is 8.70. The van der Waals surface area contributed by atoms with Crippen LogP contribution < -0.4 is 11.2 Å². The number of hydrogen-bond acceptors (Lipinski definition) is 2. The van der Waals surface area contributed by atoms with Crippen molar-refractivity contribution in [3.8, 4) is 0 Å². The Morgan fingerprint density at radius 3 is 1.92 bits per heavy atom. The van der Waals surface area contributed by atoms with Crippen molar-refractivity contribution >= 4 is 0 Å². The van der Waals surface area contributed by atoms with Crippen molar-refractivity contribution in [3.63, 3.8) is 0 Å². The average molecular weight is 190 g/mol. The van der Waals surface area contributed by atoms with Gasteiger partial charge in [-0.15, -0.1) is 0 Å². The summed E-state index contributed by atoms with van der Waals surface area (Å²) in [6, 6.07) is 0. The Hall–Kier alpha value is -1.39. The van der Waals surface area contributed by atoms with Gasteiger partial charge in [0.2, 0.25) is 5.82 Å². The van der Waals surface area contributed by atoms with E-state index >= 15 is 0 Å². The zero-order chi connectivity index (χ0) is 10.9. The van der Waals surface area contributed by atoms with Crippen LogP contribution in [0, 0.1) is 5.82 Å². The van der Waals surface area contributed by atoms with Crippen molar-refractivity contribution in [2.45, 2.75) is 27.7 Å². The number of nitrogens with one attached hydrogen (secondary N) is 2. The molecule has 1 rings (SSSR count). The van der Waals surface area contributed by atoms with Gasteiger partial charge in [-0.05, 0) is 0 Å². The molecule has 4 nitrogen and oxygen atoms in total. The third-order valence-electron chi connectivity index (χ3n) is 0.774. The molecular formula is C8H15FN2O2. The molecule has 0 spiro atoms. The van der Waals surface area contributed by atoms with Gasteiger partial charge in [-0.1, -0.05) is 27.7 Å². The number of halogens is 1. The molecule has 2 N–H and O–H groups in total. The summed E-state index contributed by atoms with van der Waals surface area (Å²) in [5.74, 6) is -0.991. The molecule has 0 fully saturated rings. The van der Waals surface area contributed by atoms with Crippen LogP contribution in [0.1, 0.15) is 27.7 Å². The quantitative estimate of drug-likeness (QED) is 0.646. The zero-order valence-corrected chi connectivity index (χ0v) is 8.27. The van der Waals surface area contributed by atoms with Crippen LogP contribution in [0.15, 0.2) is 15.8 Å². The van der Waals surface area contributed by atoms with E-state index in [2.05, 4.69) is 0 Å². The Morgan fingerprint density at radius 2 is 1.62 bits per heavy atom. The van der Waals surface area contributed by atoms with E-state index in [0.717, 1.165) is 0 Å². The molecule has 0 bridgehead atoms. The molecule has 13 heavy (non-hydrogen) atoms. The summed E-state index contributed by atoms with van der Waals surface area (Å²) in [5.41, 5.74) is -1.71. The lowest BCUT2D eigenvalue weighted by atomic mass is 10.6. The molecule has 0 aliphatic rings. The lowest BCUT2D eigenvalue weighted by molar-refractivity contribution is 0.597. The van der Waals surface area contributed by atoms with Gasteiger partial charge < -0.3 is 4.98 Å². The standard InChI is InChI=1S/C4H3FN2O2.2C2H6/c5-2-1-6-4(9)7-3(2)8;2*1-2/h1H,(H2,6,7,8,9);2*1-2H3. The lowest BCUT2D eigenvalue weighted by Gasteiger charge is -1.81. The van der Waals surface area contributed by atoms with E-state index < -0.39 is 17.1 Å². The van der Waals surface area contributed by atoms with Crippen LogP contribution in [-0.2, 0) is 0 Å². The summed E-state index contributed by atoms with van der Waals surface area (Å²) in [5, 5.41) is 0. The van der Waals surface area contributed by atoms with Crippen molar-refractivity contribution in [2.75, 3.05) is 0 Å². The maximum Gasteiger partial charge on any atom is 0.325 e. The minimum Gasteiger partial charge on any atom is -0.311 e. The predicted octanol–water partition coefficient (Wildman–Crippen LogP) is 1.25. The van der Waals surface area contributed by atoms with E-state index in [1.807, 2.05) is 32.7 Å². The molecule has 0 aliphatic heterocycles. The highest BCUT2D eigenvalue weighted by Crippen LogP contribution is 1.74. The first-order valence-corrected chi connectivity index (χ1v) is 4.17. The third kappa shape index (κ3) is 5.84. The fourth-order valence-corrected chi connectivity index (χ4v) is 0.393. The summed E-state index contributed by atoms with van der Waals surface area (Å²) >= 11 is 0. The molecule has 1 aromatic rings. The third-order valence-corrected chi connectivity index (χ3v) is 0.774. The molecule has 5 heteroatoms. The summed E-state index contributed by atoms with van der Waals surface area (Å²) in [6.45, 7) is 8.00. The minimum atomic E-state index is -1.00. The maximum atomic E-state index is 12.0. The Kier molecular flexibility index (Phi) is 9.48. The number of aromatic nitrogens is 2. The number of rotatable bonds is 0. The highest BCUT2D eigenvalue weighted by Gasteiger charge is 1.93. The molecule has 1 aromatic heterocycles. The minimum absolute atomic E-state index is 0.707. The SMILES string of the molecule is CC.CC.O=c1[nH]cc(F)c(=O)[nH]1. The Balaban J connectivity index is 0. The molecule has 0 aromatic carbocycles. The van der Waals surface area contributed by atoms with Gasteiger partial charge in [-0.3, -0.25) is 9.78 Å². The fourth-order valence-electron chi connectivity index (χ4n) is 0.393. The van der Waals surface area contributed by atoms with Gasteiger partial charge in [0.05, 0.1) is 0 Å². The molecule has 0 amide bonds. The van der Waals surface area contributed by atoms with E-state index in [1.165, 1.54) is 0 Å². The summed E-state index contributed by atoms with van der Waals surface area (Å²) in [4.78, 5) is 24.0. The smallest absolute Gasteiger partial charge is 0.311 e. The van der Waals surface area contributed by atoms with Gasteiger partial charge in [0, 0.05) is 6.20 Å². The first-order chi connectivity index (χ1) is 6.20. The fraction of sp³-hybridized carbons (Fsp3) is 0.500. The molecule has 0 atom stereocenters. The molecule has 0 aliphatic carbocycles. The average Bonchev–Trinajstić information content (AvgIpc) is 2.18. The van der Waals surface area contributed by atoms with Crippen LogP contribution in [0.25, 0.3) is 0 Å². The topological polar surface area (TPSA) is 65.7 Å². The molecule has 0 unspecified atom stereocenters. The van der Waals surface area contributed by atoms with E-state index in [-0.39, 0.29) is 0 Å². The van der Waals surface area contributed by atoms with Gasteiger partial charge in [-0.25, -0.2) is 4.79 Å². The molecule has 0 saturated heterocycles. The van der Waals surface area contributed by atoms with Crippen molar-refractivity contribution in [2.24, 2.45) is 0 Å². The van der Waals surface area contributed by atoms with Crippen molar-refractivity contribution in [3.05, 3.63) is 32.9 Å². The largest absolute Gasteiger partial charge is 0.325 e. The molecule has 1 heterocycles. The summed E-state index contributed by atoms with van der Waals surface area (Å²) < 4.78 is 12.0. The van der Waals surface area contributed by atoms with Crippen molar-refractivity contribution < 1.29 is 4.39 Å². The Morgan fingerprint density at radius 1 is 1.15 bits per heavy atom. The van der Waals surface area contributed by atoms with Crippen LogP contribution in [-0.4, -0.2) is 9.97 Å². The first-order valence-electron chi connectivity index (χ1n) is 4.17. The van der Waals surface area contributed by atoms with E-state index in [9.17, 15) is 14.0 Å². The second-order valence-corrected chi connectivity index (χ2v) is 1.42. The van der Waals surface area contributed by atoms with Crippen molar-refractivity contribution in [1.29, 1.82) is 0 Å². The van der Waals surface area contributed by atoms with E-state index in [0.29, 0.717) is 6.20 Å². The predicted molar refractivity (Wildman–Crippen MR) is 50.3 cm³/mol. The number of H-pyrrole nitrogens is 2. The monoisotopic (exact) mass is 190 g/mol. The Bertz CT molecular complexity index is 316. The normalized spacial score (nSPS) is 7.46. The van der Waals surface area contributed by atoms with Crippen LogP contribution in [0.4, 0.5) is 4.39 Å². The van der Waals surface area contributed by atoms with Crippen LogP contribution >= 0.6 is 0 Å². The maximum absolute atomic E-state index is 12.0. The Labute approximate surface area is 75.8 Å². The van der Waals surface area contributed by atoms with Gasteiger partial charge in [-0.2, -0.15) is 4.39 Å². The van der Waals surface area contributed by atoms with Crippen molar-refractivity contribution in [1.82, 2.24) is 9.97 Å². The van der Waals surface area contributed by atoms with E-state index in [1.54, 1.807) is 4.98 Å². The molecule has 76 valence electrons. The van der Waals surface area contributed by atoms with Crippen LogP contribution in [0.2, 0.25) is 0 Å².